The molecule has 27 heavy (non-hydrogen) atoms. The summed E-state index contributed by atoms with van der Waals surface area (Å²) >= 11 is 5.27. The fourth-order valence-corrected chi connectivity index (χ4v) is 3.21. The van der Waals surface area contributed by atoms with Gasteiger partial charge in [0, 0.05) is 31.2 Å². The number of hydrogen-bond acceptors (Lipinski definition) is 3. The molecule has 3 N–H and O–H groups in total. The summed E-state index contributed by atoms with van der Waals surface area (Å²) in [5.74, 6) is -0.628. The van der Waals surface area contributed by atoms with Gasteiger partial charge in [0.05, 0.1) is 11.6 Å². The molecule has 1 aliphatic heterocycles. The summed E-state index contributed by atoms with van der Waals surface area (Å²) in [6.45, 7) is 1.81. The Hall–Kier alpha value is -2.93. The van der Waals surface area contributed by atoms with Crippen LogP contribution in [0.2, 0.25) is 0 Å². The van der Waals surface area contributed by atoms with Crippen molar-refractivity contribution in [2.45, 2.75) is 13.0 Å². The Morgan fingerprint density at radius 1 is 1.11 bits per heavy atom. The van der Waals surface area contributed by atoms with Gasteiger partial charge in [0.1, 0.15) is 5.82 Å². The van der Waals surface area contributed by atoms with E-state index in [1.165, 1.54) is 24.3 Å². The Kier molecular flexibility index (Phi) is 5.41. The zero-order valence-corrected chi connectivity index (χ0v) is 16.2. The van der Waals surface area contributed by atoms with Gasteiger partial charge in [-0.2, -0.15) is 0 Å². The first-order valence-corrected chi connectivity index (χ1v) is 8.88. The molecular formula is C20H21FN4OS. The van der Waals surface area contributed by atoms with Gasteiger partial charge >= 0.3 is 0 Å². The van der Waals surface area contributed by atoms with E-state index in [1.54, 1.807) is 0 Å². The number of anilines is 2. The number of hydrogen-bond donors (Lipinski definition) is 3. The van der Waals surface area contributed by atoms with E-state index in [-0.39, 0.29) is 17.8 Å². The minimum atomic E-state index is -0.379. The largest absolute Gasteiger partial charge is 0.378 e. The van der Waals surface area contributed by atoms with E-state index in [0.29, 0.717) is 22.1 Å². The summed E-state index contributed by atoms with van der Waals surface area (Å²) < 4.78 is 13.1. The number of nitrogens with one attached hydrogen (secondary N) is 3. The van der Waals surface area contributed by atoms with E-state index in [4.69, 9.17) is 12.2 Å². The van der Waals surface area contributed by atoms with E-state index in [9.17, 15) is 9.18 Å². The summed E-state index contributed by atoms with van der Waals surface area (Å²) in [5.41, 5.74) is 3.73. The maximum atomic E-state index is 13.1. The molecule has 1 heterocycles. The van der Waals surface area contributed by atoms with Crippen molar-refractivity contribution in [1.82, 2.24) is 10.6 Å². The first-order valence-electron chi connectivity index (χ1n) is 8.47. The molecule has 7 heteroatoms. The molecule has 0 aliphatic carbocycles. The Morgan fingerprint density at radius 2 is 1.74 bits per heavy atom. The molecule has 3 rings (SSSR count). The van der Waals surface area contributed by atoms with Crippen molar-refractivity contribution in [3.05, 3.63) is 71.2 Å². The second kappa shape index (κ2) is 7.75. The fraction of sp³-hybridized carbons (Fsp3) is 0.200. The summed E-state index contributed by atoms with van der Waals surface area (Å²) in [6.07, 6.45) is 0. The highest BCUT2D eigenvalue weighted by molar-refractivity contribution is 7.80. The van der Waals surface area contributed by atoms with Gasteiger partial charge in [-0.25, -0.2) is 4.39 Å². The van der Waals surface area contributed by atoms with Crippen LogP contribution in [-0.2, 0) is 4.79 Å². The quantitative estimate of drug-likeness (QED) is 0.706. The molecule has 5 nitrogen and oxygen atoms in total. The predicted octanol–water partition coefficient (Wildman–Crippen LogP) is 3.32. The van der Waals surface area contributed by atoms with Crippen molar-refractivity contribution in [3.8, 4) is 0 Å². The van der Waals surface area contributed by atoms with Gasteiger partial charge in [-0.3, -0.25) is 4.79 Å². The molecule has 1 aliphatic rings. The number of thiocarbonyl (C=S) groups is 1. The lowest BCUT2D eigenvalue weighted by Gasteiger charge is -2.30. The average molecular weight is 384 g/mol. The number of allylic oxidation sites excluding steroid dienone is 1. The zero-order valence-electron chi connectivity index (χ0n) is 15.3. The van der Waals surface area contributed by atoms with E-state index in [0.717, 1.165) is 11.3 Å². The number of carbonyl (C=O) groups excluding carboxylic acids is 1. The molecule has 0 radical (unpaired) electrons. The molecule has 0 aromatic heterocycles. The van der Waals surface area contributed by atoms with Crippen LogP contribution in [0.5, 0.6) is 0 Å². The van der Waals surface area contributed by atoms with E-state index in [1.807, 2.05) is 50.2 Å². The molecule has 1 unspecified atom stereocenters. The standard InChI is InChI=1S/C20H21FN4OS/c1-12-17(19(26)23-15-8-6-14(21)7-9-15)18(24-20(27)22-12)13-4-10-16(11-5-13)25(2)3/h4-11,18H,1-3H3,(H,23,26)(H2,22,24,27). The summed E-state index contributed by atoms with van der Waals surface area (Å²) in [7, 11) is 3.94. The molecule has 140 valence electrons. The van der Waals surface area contributed by atoms with Crippen LogP contribution in [0.4, 0.5) is 15.8 Å². The van der Waals surface area contributed by atoms with Crippen LogP contribution in [0.25, 0.3) is 0 Å². The highest BCUT2D eigenvalue weighted by atomic mass is 32.1. The lowest BCUT2D eigenvalue weighted by Crippen LogP contribution is -2.45. The van der Waals surface area contributed by atoms with E-state index < -0.39 is 0 Å². The lowest BCUT2D eigenvalue weighted by atomic mass is 9.94. The van der Waals surface area contributed by atoms with Gasteiger partial charge < -0.3 is 20.9 Å². The molecule has 2 aromatic carbocycles. The van der Waals surface area contributed by atoms with Crippen LogP contribution in [0, 0.1) is 5.82 Å². The summed E-state index contributed by atoms with van der Waals surface area (Å²) in [5, 5.41) is 9.45. The molecule has 1 amide bonds. The van der Waals surface area contributed by atoms with Gasteiger partial charge in [-0.15, -0.1) is 0 Å². The summed E-state index contributed by atoms with van der Waals surface area (Å²) in [4.78, 5) is 14.9. The minimum Gasteiger partial charge on any atom is -0.378 e. The highest BCUT2D eigenvalue weighted by Gasteiger charge is 2.29. The monoisotopic (exact) mass is 384 g/mol. The average Bonchev–Trinajstić information content (AvgIpc) is 2.63. The van der Waals surface area contributed by atoms with Crippen molar-refractivity contribution >= 4 is 34.6 Å². The minimum absolute atomic E-state index is 0.275. The second-order valence-corrected chi connectivity index (χ2v) is 6.93. The number of rotatable bonds is 4. The van der Waals surface area contributed by atoms with Crippen LogP contribution >= 0.6 is 12.2 Å². The van der Waals surface area contributed by atoms with Crippen molar-refractivity contribution in [1.29, 1.82) is 0 Å². The Bertz CT molecular complexity index is 891. The SMILES string of the molecule is CC1=C(C(=O)Nc2ccc(F)cc2)C(c2ccc(N(C)C)cc2)NC(=S)N1. The van der Waals surface area contributed by atoms with Gasteiger partial charge in [0.25, 0.3) is 5.91 Å². The number of benzene rings is 2. The number of nitrogens with zero attached hydrogens (tertiary/aromatic N) is 1. The van der Waals surface area contributed by atoms with Crippen LogP contribution in [-0.4, -0.2) is 25.1 Å². The van der Waals surface area contributed by atoms with Gasteiger partial charge in [-0.1, -0.05) is 12.1 Å². The molecular weight excluding hydrogens is 363 g/mol. The Labute approximate surface area is 163 Å². The number of amides is 1. The molecule has 2 aromatic rings. The van der Waals surface area contributed by atoms with E-state index >= 15 is 0 Å². The smallest absolute Gasteiger partial charge is 0.255 e. The topological polar surface area (TPSA) is 56.4 Å². The maximum Gasteiger partial charge on any atom is 0.255 e. The first-order chi connectivity index (χ1) is 12.8. The molecule has 0 saturated carbocycles. The number of halogens is 1. The molecule has 0 fully saturated rings. The third-order valence-electron chi connectivity index (χ3n) is 4.36. The van der Waals surface area contributed by atoms with Crippen molar-refractivity contribution < 1.29 is 9.18 Å². The number of carbonyl (C=O) groups is 1. The summed E-state index contributed by atoms with van der Waals surface area (Å²) in [6, 6.07) is 13.2. The van der Waals surface area contributed by atoms with Crippen molar-refractivity contribution in [2.24, 2.45) is 0 Å². The van der Waals surface area contributed by atoms with E-state index in [2.05, 4.69) is 16.0 Å². The van der Waals surface area contributed by atoms with Gasteiger partial charge in [0.2, 0.25) is 0 Å². The molecule has 0 saturated heterocycles. The molecule has 1 atom stereocenters. The predicted molar refractivity (Wildman–Crippen MR) is 110 cm³/mol. The zero-order chi connectivity index (χ0) is 19.6. The van der Waals surface area contributed by atoms with Crippen LogP contribution in [0.15, 0.2) is 59.8 Å². The van der Waals surface area contributed by atoms with Crippen LogP contribution in [0.3, 0.4) is 0 Å². The molecule has 0 bridgehead atoms. The third kappa shape index (κ3) is 4.25. The third-order valence-corrected chi connectivity index (χ3v) is 4.58. The Balaban J connectivity index is 1.91. The van der Waals surface area contributed by atoms with Crippen LogP contribution in [0.1, 0.15) is 18.5 Å². The highest BCUT2D eigenvalue weighted by Crippen LogP contribution is 2.29. The first kappa shape index (κ1) is 18.8. The normalized spacial score (nSPS) is 16.4. The second-order valence-electron chi connectivity index (χ2n) is 6.52. The lowest BCUT2D eigenvalue weighted by molar-refractivity contribution is -0.113. The Morgan fingerprint density at radius 3 is 2.33 bits per heavy atom. The van der Waals surface area contributed by atoms with Gasteiger partial charge in [0.15, 0.2) is 5.11 Å². The van der Waals surface area contributed by atoms with Gasteiger partial charge in [-0.05, 0) is 61.1 Å². The maximum absolute atomic E-state index is 13.1. The van der Waals surface area contributed by atoms with Crippen molar-refractivity contribution in [3.63, 3.8) is 0 Å². The van der Waals surface area contributed by atoms with Crippen molar-refractivity contribution in [2.75, 3.05) is 24.3 Å². The van der Waals surface area contributed by atoms with Crippen LogP contribution < -0.4 is 20.9 Å². The fourth-order valence-electron chi connectivity index (χ4n) is 2.94. The molecule has 0 spiro atoms.